The second kappa shape index (κ2) is 5.80. The minimum Gasteiger partial charge on any atom is -0.508 e. The van der Waals surface area contributed by atoms with Crippen molar-refractivity contribution in [3.63, 3.8) is 0 Å². The van der Waals surface area contributed by atoms with E-state index in [1.807, 2.05) is 0 Å². The predicted octanol–water partition coefficient (Wildman–Crippen LogP) is 2.15. The van der Waals surface area contributed by atoms with Gasteiger partial charge in [-0.25, -0.2) is 0 Å². The molecule has 0 fully saturated rings. The number of carbonyl (C=O) groups excluding carboxylic acids is 2. The van der Waals surface area contributed by atoms with Crippen molar-refractivity contribution >= 4 is 34.1 Å². The number of nitrogens with one attached hydrogen (secondary N) is 3. The average Bonchev–Trinajstić information content (AvgIpc) is 2.97. The van der Waals surface area contributed by atoms with Crippen molar-refractivity contribution in [2.45, 2.75) is 6.92 Å². The molecular formula is C16H14N4O3. The molecule has 0 saturated carbocycles. The van der Waals surface area contributed by atoms with Gasteiger partial charge in [-0.15, -0.1) is 0 Å². The van der Waals surface area contributed by atoms with E-state index >= 15 is 0 Å². The van der Waals surface area contributed by atoms with Crippen LogP contribution in [0.2, 0.25) is 0 Å². The van der Waals surface area contributed by atoms with Crippen molar-refractivity contribution in [1.29, 1.82) is 0 Å². The van der Waals surface area contributed by atoms with Gasteiger partial charge >= 0.3 is 11.8 Å². The molecule has 0 aliphatic rings. The Morgan fingerprint density at radius 1 is 1.09 bits per heavy atom. The van der Waals surface area contributed by atoms with E-state index in [1.54, 1.807) is 31.3 Å². The van der Waals surface area contributed by atoms with Crippen molar-refractivity contribution in [1.82, 2.24) is 10.2 Å². The van der Waals surface area contributed by atoms with Crippen LogP contribution < -0.4 is 10.6 Å². The molecule has 7 heteroatoms. The predicted molar refractivity (Wildman–Crippen MR) is 86.2 cm³/mol. The molecule has 3 rings (SSSR count). The van der Waals surface area contributed by atoms with E-state index in [0.717, 1.165) is 10.9 Å². The number of phenolic OH excluding ortho intramolecular Hbond substituents is 1. The molecule has 4 N–H and O–H groups in total. The van der Waals surface area contributed by atoms with Crippen LogP contribution in [0.15, 0.2) is 42.6 Å². The first-order chi connectivity index (χ1) is 11.0. The number of aromatic hydroxyl groups is 1. The molecule has 0 saturated heterocycles. The molecule has 1 aromatic heterocycles. The fourth-order valence-electron chi connectivity index (χ4n) is 2.17. The number of nitrogens with zero attached hydrogens (tertiary/aromatic N) is 1. The van der Waals surface area contributed by atoms with Crippen molar-refractivity contribution < 1.29 is 14.7 Å². The molecule has 0 aliphatic heterocycles. The standard InChI is InChI=1S/C16H14N4O3/c1-9-6-12(21)4-5-13(9)19-16(23)15(22)18-11-3-2-10-8-17-20-14(10)7-11/h2-8,21H,1H3,(H,17,20)(H,18,22)(H,19,23). The molecule has 0 spiro atoms. The Balaban J connectivity index is 1.70. The number of hydrogen-bond donors (Lipinski definition) is 4. The molecule has 0 bridgehead atoms. The van der Waals surface area contributed by atoms with E-state index in [0.29, 0.717) is 16.9 Å². The van der Waals surface area contributed by atoms with Crippen LogP contribution in [0.4, 0.5) is 11.4 Å². The molecule has 0 radical (unpaired) electrons. The summed E-state index contributed by atoms with van der Waals surface area (Å²) < 4.78 is 0. The highest BCUT2D eigenvalue weighted by Crippen LogP contribution is 2.20. The Bertz CT molecular complexity index is 901. The summed E-state index contributed by atoms with van der Waals surface area (Å²) in [4.78, 5) is 23.9. The number of anilines is 2. The lowest BCUT2D eigenvalue weighted by molar-refractivity contribution is -0.133. The van der Waals surface area contributed by atoms with Gasteiger partial charge < -0.3 is 15.7 Å². The zero-order valence-corrected chi connectivity index (χ0v) is 12.3. The lowest BCUT2D eigenvalue weighted by atomic mass is 10.2. The number of fused-ring (bicyclic) bond motifs is 1. The zero-order chi connectivity index (χ0) is 16.4. The van der Waals surface area contributed by atoms with Crippen LogP contribution in [0, 0.1) is 6.92 Å². The molecule has 0 aliphatic carbocycles. The second-order valence-corrected chi connectivity index (χ2v) is 5.08. The Morgan fingerprint density at radius 2 is 1.87 bits per heavy atom. The first-order valence-corrected chi connectivity index (χ1v) is 6.88. The summed E-state index contributed by atoms with van der Waals surface area (Å²) in [7, 11) is 0. The zero-order valence-electron chi connectivity index (χ0n) is 12.3. The Morgan fingerprint density at radius 3 is 2.65 bits per heavy atom. The van der Waals surface area contributed by atoms with Crippen LogP contribution in [-0.2, 0) is 9.59 Å². The number of benzene rings is 2. The van der Waals surface area contributed by atoms with Gasteiger partial charge in [0.05, 0.1) is 11.7 Å². The highest BCUT2D eigenvalue weighted by atomic mass is 16.3. The van der Waals surface area contributed by atoms with Gasteiger partial charge in [0, 0.05) is 16.8 Å². The smallest absolute Gasteiger partial charge is 0.314 e. The molecule has 116 valence electrons. The van der Waals surface area contributed by atoms with Gasteiger partial charge in [-0.05, 0) is 48.9 Å². The van der Waals surface area contributed by atoms with E-state index in [9.17, 15) is 14.7 Å². The summed E-state index contributed by atoms with van der Waals surface area (Å²) in [6.07, 6.45) is 1.67. The SMILES string of the molecule is Cc1cc(O)ccc1NC(=O)C(=O)Nc1ccc2cn[nH]c2c1. The number of aromatic nitrogens is 2. The van der Waals surface area contributed by atoms with Gasteiger partial charge in [-0.1, -0.05) is 0 Å². The van der Waals surface area contributed by atoms with Gasteiger partial charge in [0.2, 0.25) is 0 Å². The Hall–Kier alpha value is -3.35. The molecule has 23 heavy (non-hydrogen) atoms. The van der Waals surface area contributed by atoms with E-state index in [1.165, 1.54) is 18.2 Å². The first kappa shape index (κ1) is 14.6. The molecule has 3 aromatic rings. The van der Waals surface area contributed by atoms with Crippen LogP contribution in [0.1, 0.15) is 5.56 Å². The second-order valence-electron chi connectivity index (χ2n) is 5.08. The quantitative estimate of drug-likeness (QED) is 0.430. The summed E-state index contributed by atoms with van der Waals surface area (Å²) in [6, 6.07) is 9.64. The Kier molecular flexibility index (Phi) is 3.68. The van der Waals surface area contributed by atoms with Gasteiger partial charge in [0.25, 0.3) is 0 Å². The van der Waals surface area contributed by atoms with Crippen molar-refractivity contribution in [3.8, 4) is 5.75 Å². The average molecular weight is 310 g/mol. The fraction of sp³-hybridized carbons (Fsp3) is 0.0625. The number of aryl methyl sites for hydroxylation is 1. The molecule has 0 unspecified atom stereocenters. The van der Waals surface area contributed by atoms with Crippen LogP contribution in [0.25, 0.3) is 10.9 Å². The maximum Gasteiger partial charge on any atom is 0.314 e. The summed E-state index contributed by atoms with van der Waals surface area (Å²) in [5.74, 6) is -1.47. The van der Waals surface area contributed by atoms with Crippen molar-refractivity contribution in [2.75, 3.05) is 10.6 Å². The minimum absolute atomic E-state index is 0.0952. The highest BCUT2D eigenvalue weighted by molar-refractivity contribution is 6.43. The monoisotopic (exact) mass is 310 g/mol. The number of carbonyl (C=O) groups is 2. The first-order valence-electron chi connectivity index (χ1n) is 6.88. The van der Waals surface area contributed by atoms with E-state index in [-0.39, 0.29) is 5.75 Å². The van der Waals surface area contributed by atoms with Crippen molar-refractivity contribution in [2.24, 2.45) is 0 Å². The van der Waals surface area contributed by atoms with Crippen LogP contribution in [0.3, 0.4) is 0 Å². The number of amides is 2. The van der Waals surface area contributed by atoms with Gasteiger partial charge in [-0.2, -0.15) is 5.10 Å². The topological polar surface area (TPSA) is 107 Å². The molecule has 0 atom stereocenters. The number of aromatic amines is 1. The third-order valence-corrected chi connectivity index (χ3v) is 3.36. The van der Waals surface area contributed by atoms with Gasteiger partial charge in [0.1, 0.15) is 5.75 Å². The normalized spacial score (nSPS) is 10.5. The maximum atomic E-state index is 12.0. The molecule has 2 amide bonds. The van der Waals surface area contributed by atoms with Crippen LogP contribution in [-0.4, -0.2) is 27.1 Å². The lowest BCUT2D eigenvalue weighted by Gasteiger charge is -2.09. The van der Waals surface area contributed by atoms with Crippen molar-refractivity contribution in [3.05, 3.63) is 48.2 Å². The number of H-pyrrole nitrogens is 1. The third-order valence-electron chi connectivity index (χ3n) is 3.36. The van der Waals surface area contributed by atoms with E-state index < -0.39 is 11.8 Å². The Labute approximate surface area is 131 Å². The number of hydrogen-bond acceptors (Lipinski definition) is 4. The largest absolute Gasteiger partial charge is 0.508 e. The summed E-state index contributed by atoms with van der Waals surface area (Å²) in [5, 5.41) is 22.0. The fourth-order valence-corrected chi connectivity index (χ4v) is 2.17. The molecule has 7 nitrogen and oxygen atoms in total. The minimum atomic E-state index is -0.788. The van der Waals surface area contributed by atoms with Crippen LogP contribution in [0.5, 0.6) is 5.75 Å². The summed E-state index contributed by atoms with van der Waals surface area (Å²) in [6.45, 7) is 1.72. The summed E-state index contributed by atoms with van der Waals surface area (Å²) in [5.41, 5.74) is 2.37. The van der Waals surface area contributed by atoms with E-state index in [4.69, 9.17) is 0 Å². The summed E-state index contributed by atoms with van der Waals surface area (Å²) >= 11 is 0. The molecular weight excluding hydrogens is 296 g/mol. The van der Waals surface area contributed by atoms with Crippen LogP contribution >= 0.6 is 0 Å². The maximum absolute atomic E-state index is 12.0. The van der Waals surface area contributed by atoms with E-state index in [2.05, 4.69) is 20.8 Å². The number of phenols is 1. The number of rotatable bonds is 2. The molecule has 2 aromatic carbocycles. The lowest BCUT2D eigenvalue weighted by Crippen LogP contribution is -2.29. The van der Waals surface area contributed by atoms with Gasteiger partial charge in [0.15, 0.2) is 0 Å². The molecule has 1 heterocycles. The highest BCUT2D eigenvalue weighted by Gasteiger charge is 2.15. The third kappa shape index (κ3) is 3.13. The van der Waals surface area contributed by atoms with Gasteiger partial charge in [-0.3, -0.25) is 14.7 Å².